The summed E-state index contributed by atoms with van der Waals surface area (Å²) in [6.07, 6.45) is 4.26. The molecule has 1 amide bonds. The zero-order valence-electron chi connectivity index (χ0n) is 9.93. The van der Waals surface area contributed by atoms with Crippen molar-refractivity contribution >= 4 is 5.91 Å². The van der Waals surface area contributed by atoms with E-state index in [-0.39, 0.29) is 5.91 Å². The summed E-state index contributed by atoms with van der Waals surface area (Å²) in [5.41, 5.74) is 0.961. The zero-order chi connectivity index (χ0) is 12.3. The van der Waals surface area contributed by atoms with Gasteiger partial charge >= 0.3 is 0 Å². The SMILES string of the molecule is CCc1ccc(C(=O)N(C)Cc2cn[nH]c2)o1. The van der Waals surface area contributed by atoms with Gasteiger partial charge < -0.3 is 9.32 Å². The van der Waals surface area contributed by atoms with Crippen molar-refractivity contribution in [2.45, 2.75) is 19.9 Å². The highest BCUT2D eigenvalue weighted by atomic mass is 16.4. The quantitative estimate of drug-likeness (QED) is 0.876. The summed E-state index contributed by atoms with van der Waals surface area (Å²) in [6, 6.07) is 3.55. The second-order valence-corrected chi connectivity index (χ2v) is 3.89. The second kappa shape index (κ2) is 4.86. The van der Waals surface area contributed by atoms with Crippen LogP contribution in [0.15, 0.2) is 28.9 Å². The summed E-state index contributed by atoms with van der Waals surface area (Å²) >= 11 is 0. The zero-order valence-corrected chi connectivity index (χ0v) is 9.93. The van der Waals surface area contributed by atoms with Gasteiger partial charge in [0.05, 0.1) is 6.20 Å². The first-order valence-corrected chi connectivity index (χ1v) is 5.52. The Bertz CT molecular complexity index is 488. The molecular weight excluding hydrogens is 218 g/mol. The minimum atomic E-state index is -0.120. The Hall–Kier alpha value is -2.04. The van der Waals surface area contributed by atoms with E-state index in [1.165, 1.54) is 0 Å². The van der Waals surface area contributed by atoms with Crippen molar-refractivity contribution in [1.82, 2.24) is 15.1 Å². The van der Waals surface area contributed by atoms with Gasteiger partial charge in [0.2, 0.25) is 0 Å². The topological polar surface area (TPSA) is 62.1 Å². The predicted molar refractivity (Wildman–Crippen MR) is 62.5 cm³/mol. The van der Waals surface area contributed by atoms with Gasteiger partial charge in [-0.3, -0.25) is 9.89 Å². The number of carbonyl (C=O) groups excluding carboxylic acids is 1. The molecule has 90 valence electrons. The van der Waals surface area contributed by atoms with E-state index in [2.05, 4.69) is 10.2 Å². The van der Waals surface area contributed by atoms with Crippen molar-refractivity contribution in [2.24, 2.45) is 0 Å². The van der Waals surface area contributed by atoms with E-state index in [1.807, 2.05) is 13.0 Å². The van der Waals surface area contributed by atoms with Gasteiger partial charge in [0.1, 0.15) is 5.76 Å². The molecule has 2 heterocycles. The average molecular weight is 233 g/mol. The minimum absolute atomic E-state index is 0.120. The van der Waals surface area contributed by atoms with E-state index in [0.29, 0.717) is 12.3 Å². The van der Waals surface area contributed by atoms with Crippen LogP contribution in [0, 0.1) is 0 Å². The molecule has 0 saturated heterocycles. The number of nitrogens with one attached hydrogen (secondary N) is 1. The molecule has 0 aliphatic heterocycles. The van der Waals surface area contributed by atoms with Crippen molar-refractivity contribution in [3.63, 3.8) is 0 Å². The number of hydrogen-bond acceptors (Lipinski definition) is 3. The summed E-state index contributed by atoms with van der Waals surface area (Å²) in [6.45, 7) is 2.50. The lowest BCUT2D eigenvalue weighted by atomic mass is 10.3. The standard InChI is InChI=1S/C12H15N3O2/c1-3-10-4-5-11(17-10)12(16)15(2)8-9-6-13-14-7-9/h4-7H,3,8H2,1-2H3,(H,13,14). The third-order valence-corrected chi connectivity index (χ3v) is 2.54. The highest BCUT2D eigenvalue weighted by molar-refractivity contribution is 5.91. The monoisotopic (exact) mass is 233 g/mol. The van der Waals surface area contributed by atoms with Gasteiger partial charge in [-0.25, -0.2) is 0 Å². The van der Waals surface area contributed by atoms with Crippen LogP contribution in [0.5, 0.6) is 0 Å². The van der Waals surface area contributed by atoms with Gasteiger partial charge in [-0.1, -0.05) is 6.92 Å². The first-order valence-electron chi connectivity index (χ1n) is 5.52. The minimum Gasteiger partial charge on any atom is -0.456 e. The van der Waals surface area contributed by atoms with Gasteiger partial charge in [0.25, 0.3) is 5.91 Å². The van der Waals surface area contributed by atoms with Crippen LogP contribution in [-0.2, 0) is 13.0 Å². The lowest BCUT2D eigenvalue weighted by molar-refractivity contribution is 0.0751. The van der Waals surface area contributed by atoms with Crippen LogP contribution in [0.25, 0.3) is 0 Å². The molecule has 5 nitrogen and oxygen atoms in total. The molecule has 0 atom stereocenters. The molecule has 0 saturated carbocycles. The summed E-state index contributed by atoms with van der Waals surface area (Å²) in [7, 11) is 1.74. The lowest BCUT2D eigenvalue weighted by Gasteiger charge is -2.14. The molecule has 0 aliphatic carbocycles. The maximum absolute atomic E-state index is 12.0. The third-order valence-electron chi connectivity index (χ3n) is 2.54. The Labute approximate surface area is 99.4 Å². The number of aromatic nitrogens is 2. The molecule has 0 aliphatic rings. The molecule has 17 heavy (non-hydrogen) atoms. The van der Waals surface area contributed by atoms with Gasteiger partial charge in [0, 0.05) is 31.8 Å². The second-order valence-electron chi connectivity index (χ2n) is 3.89. The summed E-state index contributed by atoms with van der Waals surface area (Å²) in [4.78, 5) is 13.6. The molecular formula is C12H15N3O2. The molecule has 0 bridgehead atoms. The number of H-pyrrole nitrogens is 1. The Balaban J connectivity index is 2.04. The van der Waals surface area contributed by atoms with Gasteiger partial charge in [0.15, 0.2) is 5.76 Å². The largest absolute Gasteiger partial charge is 0.456 e. The number of carbonyl (C=O) groups is 1. The fraction of sp³-hybridized carbons (Fsp3) is 0.333. The van der Waals surface area contributed by atoms with Crippen LogP contribution in [0.2, 0.25) is 0 Å². The third kappa shape index (κ3) is 2.55. The average Bonchev–Trinajstić information content (AvgIpc) is 2.98. The highest BCUT2D eigenvalue weighted by Gasteiger charge is 2.16. The Morgan fingerprint density at radius 2 is 2.35 bits per heavy atom. The molecule has 0 unspecified atom stereocenters. The maximum Gasteiger partial charge on any atom is 0.289 e. The number of nitrogens with zero attached hydrogens (tertiary/aromatic N) is 2. The molecule has 0 aromatic carbocycles. The summed E-state index contributed by atoms with van der Waals surface area (Å²) in [5.74, 6) is 1.09. The summed E-state index contributed by atoms with van der Waals surface area (Å²) in [5, 5.41) is 6.55. The molecule has 0 radical (unpaired) electrons. The number of hydrogen-bond donors (Lipinski definition) is 1. The fourth-order valence-electron chi connectivity index (χ4n) is 1.58. The molecule has 1 N–H and O–H groups in total. The lowest BCUT2D eigenvalue weighted by Crippen LogP contribution is -2.25. The normalized spacial score (nSPS) is 10.5. The fourth-order valence-corrected chi connectivity index (χ4v) is 1.58. The number of aromatic amines is 1. The highest BCUT2D eigenvalue weighted by Crippen LogP contribution is 2.12. The molecule has 0 spiro atoms. The van der Waals surface area contributed by atoms with Crippen LogP contribution in [0.4, 0.5) is 0 Å². The van der Waals surface area contributed by atoms with E-state index in [0.717, 1.165) is 17.7 Å². The number of rotatable bonds is 4. The van der Waals surface area contributed by atoms with E-state index >= 15 is 0 Å². The smallest absolute Gasteiger partial charge is 0.289 e. The van der Waals surface area contributed by atoms with Gasteiger partial charge in [-0.05, 0) is 12.1 Å². The summed E-state index contributed by atoms with van der Waals surface area (Å²) < 4.78 is 5.42. The van der Waals surface area contributed by atoms with Crippen molar-refractivity contribution in [3.05, 3.63) is 41.6 Å². The van der Waals surface area contributed by atoms with Crippen LogP contribution >= 0.6 is 0 Å². The molecule has 5 heteroatoms. The first kappa shape index (κ1) is 11.4. The number of aryl methyl sites for hydroxylation is 1. The van der Waals surface area contributed by atoms with Crippen LogP contribution < -0.4 is 0 Å². The van der Waals surface area contributed by atoms with Gasteiger partial charge in [-0.15, -0.1) is 0 Å². The van der Waals surface area contributed by atoms with Crippen LogP contribution in [0.1, 0.15) is 28.8 Å². The Kier molecular flexibility index (Phi) is 3.27. The van der Waals surface area contributed by atoms with Crippen molar-refractivity contribution in [2.75, 3.05) is 7.05 Å². The van der Waals surface area contributed by atoms with Gasteiger partial charge in [-0.2, -0.15) is 5.10 Å². The van der Waals surface area contributed by atoms with E-state index in [4.69, 9.17) is 4.42 Å². The van der Waals surface area contributed by atoms with Crippen LogP contribution in [0.3, 0.4) is 0 Å². The Morgan fingerprint density at radius 1 is 1.53 bits per heavy atom. The van der Waals surface area contributed by atoms with E-state index < -0.39 is 0 Å². The van der Waals surface area contributed by atoms with Crippen molar-refractivity contribution in [3.8, 4) is 0 Å². The van der Waals surface area contributed by atoms with Crippen molar-refractivity contribution in [1.29, 1.82) is 0 Å². The maximum atomic E-state index is 12.0. The number of amides is 1. The molecule has 2 aromatic rings. The first-order chi connectivity index (χ1) is 8.20. The molecule has 0 fully saturated rings. The number of furan rings is 1. The molecule has 2 aromatic heterocycles. The molecule has 2 rings (SSSR count). The van der Waals surface area contributed by atoms with Crippen molar-refractivity contribution < 1.29 is 9.21 Å². The van der Waals surface area contributed by atoms with Crippen LogP contribution in [-0.4, -0.2) is 28.1 Å². The van der Waals surface area contributed by atoms with E-state index in [1.54, 1.807) is 30.4 Å². The predicted octanol–water partition coefficient (Wildman–Crippen LogP) is 1.84. The Morgan fingerprint density at radius 3 is 2.94 bits per heavy atom. The van der Waals surface area contributed by atoms with E-state index in [9.17, 15) is 4.79 Å².